The molecule has 0 spiro atoms. The fourth-order valence-corrected chi connectivity index (χ4v) is 3.51. The molecule has 0 radical (unpaired) electrons. The predicted molar refractivity (Wildman–Crippen MR) is 106 cm³/mol. The Hall–Kier alpha value is -3.34. The lowest BCUT2D eigenvalue weighted by molar-refractivity contribution is -0.650. The Kier molecular flexibility index (Phi) is 5.24. The molecular formula is C23H23N2O3+. The van der Waals surface area contributed by atoms with Gasteiger partial charge in [-0.05, 0) is 42.3 Å². The van der Waals surface area contributed by atoms with Crippen molar-refractivity contribution in [1.82, 2.24) is 0 Å². The Morgan fingerprint density at radius 1 is 1.04 bits per heavy atom. The topological polar surface area (TPSA) is 51.4 Å². The molecule has 0 saturated carbocycles. The van der Waals surface area contributed by atoms with Crippen LogP contribution in [0, 0.1) is 0 Å². The highest BCUT2D eigenvalue weighted by Gasteiger charge is 2.27. The average molecular weight is 375 g/mol. The van der Waals surface area contributed by atoms with E-state index in [0.29, 0.717) is 5.56 Å². The quantitative estimate of drug-likeness (QED) is 0.662. The Morgan fingerprint density at radius 3 is 2.64 bits per heavy atom. The molecule has 28 heavy (non-hydrogen) atoms. The lowest BCUT2D eigenvalue weighted by Gasteiger charge is -2.16. The van der Waals surface area contributed by atoms with Crippen molar-refractivity contribution < 1.29 is 18.9 Å². The summed E-state index contributed by atoms with van der Waals surface area (Å²) in [5, 5.41) is 0. The second kappa shape index (κ2) is 8.13. The van der Waals surface area contributed by atoms with Gasteiger partial charge in [0.15, 0.2) is 17.7 Å². The van der Waals surface area contributed by atoms with Gasteiger partial charge in [0.05, 0.1) is 5.92 Å². The van der Waals surface area contributed by atoms with E-state index in [1.165, 1.54) is 0 Å². The van der Waals surface area contributed by atoms with Gasteiger partial charge in [-0.15, -0.1) is 5.43 Å². The Morgan fingerprint density at radius 2 is 1.82 bits per heavy atom. The zero-order chi connectivity index (χ0) is 19.3. The van der Waals surface area contributed by atoms with Gasteiger partial charge in [-0.2, -0.15) is 0 Å². The first-order chi connectivity index (χ1) is 13.8. The van der Waals surface area contributed by atoms with Crippen molar-refractivity contribution in [2.24, 2.45) is 0 Å². The molecule has 1 N–H and O–H groups in total. The summed E-state index contributed by atoms with van der Waals surface area (Å²) in [6, 6.07) is 21.3. The molecular weight excluding hydrogens is 352 g/mol. The van der Waals surface area contributed by atoms with Crippen molar-refractivity contribution in [3.8, 4) is 11.5 Å². The number of ether oxygens (including phenoxy) is 2. The summed E-state index contributed by atoms with van der Waals surface area (Å²) in [6.45, 7) is 2.42. The average Bonchev–Trinajstić information content (AvgIpc) is 3.21. The molecule has 142 valence electrons. The highest BCUT2D eigenvalue weighted by molar-refractivity contribution is 5.98. The molecule has 0 fully saturated rings. The van der Waals surface area contributed by atoms with Crippen molar-refractivity contribution in [2.75, 3.05) is 12.2 Å². The zero-order valence-electron chi connectivity index (χ0n) is 15.8. The van der Waals surface area contributed by atoms with Crippen LogP contribution in [0.2, 0.25) is 0 Å². The second-order valence-corrected chi connectivity index (χ2v) is 6.76. The van der Waals surface area contributed by atoms with Gasteiger partial charge in [-0.3, -0.25) is 4.79 Å². The molecule has 2 heterocycles. The van der Waals surface area contributed by atoms with Crippen LogP contribution in [-0.4, -0.2) is 12.7 Å². The summed E-state index contributed by atoms with van der Waals surface area (Å²) in [5.74, 6) is 1.53. The van der Waals surface area contributed by atoms with Crippen LogP contribution in [-0.2, 0) is 0 Å². The maximum absolute atomic E-state index is 12.7. The number of pyridine rings is 1. The third-order valence-corrected chi connectivity index (χ3v) is 4.88. The van der Waals surface area contributed by atoms with E-state index in [0.717, 1.165) is 35.6 Å². The monoisotopic (exact) mass is 375 g/mol. The standard InChI is InChI=1S/C23H22N2O3/c1-2-8-19(18-12-13-21-22(15-18)28-16-27-21)20-11-6-7-14-25(20)24-23(26)17-9-4-3-5-10-17/h3-7,9-15,19H,2,8,16H2,1H3/p+1. The van der Waals surface area contributed by atoms with Gasteiger partial charge in [0.2, 0.25) is 12.5 Å². The minimum atomic E-state index is -0.140. The number of carbonyl (C=O) groups is 1. The minimum absolute atomic E-state index is 0.122. The number of amides is 1. The minimum Gasteiger partial charge on any atom is -0.454 e. The van der Waals surface area contributed by atoms with Crippen LogP contribution in [0.25, 0.3) is 0 Å². The number of nitrogens with one attached hydrogen (secondary N) is 1. The van der Waals surface area contributed by atoms with Gasteiger partial charge < -0.3 is 9.47 Å². The number of fused-ring (bicyclic) bond motifs is 1. The number of hydrogen-bond donors (Lipinski definition) is 1. The maximum atomic E-state index is 12.7. The number of aromatic nitrogens is 1. The van der Waals surface area contributed by atoms with E-state index < -0.39 is 0 Å². The summed E-state index contributed by atoms with van der Waals surface area (Å²) in [5.41, 5.74) is 5.79. The highest BCUT2D eigenvalue weighted by Crippen LogP contribution is 2.37. The number of nitrogens with zero attached hydrogens (tertiary/aromatic N) is 1. The summed E-state index contributed by atoms with van der Waals surface area (Å²) in [7, 11) is 0. The summed E-state index contributed by atoms with van der Waals surface area (Å²) < 4.78 is 12.8. The van der Waals surface area contributed by atoms with Crippen LogP contribution in [0.15, 0.2) is 72.9 Å². The number of hydrogen-bond acceptors (Lipinski definition) is 3. The number of rotatable bonds is 6. The maximum Gasteiger partial charge on any atom is 0.305 e. The van der Waals surface area contributed by atoms with Crippen molar-refractivity contribution >= 4 is 5.91 Å². The van der Waals surface area contributed by atoms with Gasteiger partial charge >= 0.3 is 5.91 Å². The van der Waals surface area contributed by atoms with Gasteiger partial charge in [0.1, 0.15) is 0 Å². The molecule has 0 saturated heterocycles. The number of carbonyl (C=O) groups excluding carboxylic acids is 1. The van der Waals surface area contributed by atoms with Crippen LogP contribution in [0.1, 0.15) is 47.3 Å². The van der Waals surface area contributed by atoms with Crippen LogP contribution < -0.4 is 19.6 Å². The van der Waals surface area contributed by atoms with Crippen LogP contribution in [0.5, 0.6) is 11.5 Å². The van der Waals surface area contributed by atoms with Gasteiger partial charge in [0, 0.05) is 17.7 Å². The molecule has 1 atom stereocenters. The van der Waals surface area contributed by atoms with E-state index >= 15 is 0 Å². The molecule has 2 aromatic carbocycles. The Labute approximate surface area is 164 Å². The fraction of sp³-hybridized carbons (Fsp3) is 0.217. The largest absolute Gasteiger partial charge is 0.454 e. The lowest BCUT2D eigenvalue weighted by Crippen LogP contribution is -2.51. The summed E-state index contributed by atoms with van der Waals surface area (Å²) in [6.07, 6.45) is 3.84. The first-order valence-corrected chi connectivity index (χ1v) is 9.53. The third-order valence-electron chi connectivity index (χ3n) is 4.88. The normalized spacial score (nSPS) is 13.2. The van der Waals surface area contributed by atoms with Gasteiger partial charge in [0.25, 0.3) is 0 Å². The van der Waals surface area contributed by atoms with Crippen LogP contribution >= 0.6 is 0 Å². The Bertz CT molecular complexity index is 973. The van der Waals surface area contributed by atoms with Crippen molar-refractivity contribution in [1.29, 1.82) is 0 Å². The van der Waals surface area contributed by atoms with Crippen molar-refractivity contribution in [3.63, 3.8) is 0 Å². The van der Waals surface area contributed by atoms with Gasteiger partial charge in [-0.1, -0.05) is 42.3 Å². The SMILES string of the molecule is CCCC(c1ccc2c(c1)OCO2)c1cccc[n+]1NC(=O)c1ccccc1. The van der Waals surface area contributed by atoms with Gasteiger partial charge in [-0.25, -0.2) is 0 Å². The van der Waals surface area contributed by atoms with E-state index in [1.807, 2.05) is 53.3 Å². The predicted octanol–water partition coefficient (Wildman–Crippen LogP) is 4.02. The third kappa shape index (κ3) is 3.69. The zero-order valence-corrected chi connectivity index (χ0v) is 15.8. The van der Waals surface area contributed by atoms with Crippen molar-refractivity contribution in [3.05, 3.63) is 89.7 Å². The molecule has 3 aromatic rings. The first-order valence-electron chi connectivity index (χ1n) is 9.53. The molecule has 1 unspecified atom stereocenters. The molecule has 1 aromatic heterocycles. The van der Waals surface area contributed by atoms with E-state index in [9.17, 15) is 4.79 Å². The molecule has 5 heteroatoms. The smallest absolute Gasteiger partial charge is 0.305 e. The molecule has 0 bridgehead atoms. The number of benzene rings is 2. The molecule has 4 rings (SSSR count). The summed E-state index contributed by atoms with van der Waals surface area (Å²) >= 11 is 0. The van der Waals surface area contributed by atoms with E-state index in [-0.39, 0.29) is 18.6 Å². The molecule has 5 nitrogen and oxygen atoms in total. The fourth-order valence-electron chi connectivity index (χ4n) is 3.51. The first kappa shape index (κ1) is 18.0. The summed E-state index contributed by atoms with van der Waals surface area (Å²) in [4.78, 5) is 12.7. The second-order valence-electron chi connectivity index (χ2n) is 6.76. The van der Waals surface area contributed by atoms with Crippen molar-refractivity contribution in [2.45, 2.75) is 25.7 Å². The van der Waals surface area contributed by atoms with E-state index in [1.54, 1.807) is 12.1 Å². The molecule has 0 aliphatic carbocycles. The van der Waals surface area contributed by atoms with E-state index in [4.69, 9.17) is 9.47 Å². The lowest BCUT2D eigenvalue weighted by atomic mass is 9.90. The van der Waals surface area contributed by atoms with E-state index in [2.05, 4.69) is 24.5 Å². The molecule has 1 amide bonds. The molecule has 1 aliphatic rings. The Balaban J connectivity index is 1.67. The van der Waals surface area contributed by atoms with Crippen LogP contribution in [0.4, 0.5) is 0 Å². The molecule has 1 aliphatic heterocycles. The highest BCUT2D eigenvalue weighted by atomic mass is 16.7. The van der Waals surface area contributed by atoms with Crippen LogP contribution in [0.3, 0.4) is 0 Å².